The number of carboxylic acid groups (broad SMARTS) is 1. The van der Waals surface area contributed by atoms with Crippen LogP contribution < -0.4 is 5.32 Å². The fraction of sp³-hybridized carbons (Fsp3) is 0.429. The summed E-state index contributed by atoms with van der Waals surface area (Å²) in [6.07, 6.45) is 0.792. The molecule has 1 amide bonds. The molecule has 0 fully saturated rings. The van der Waals surface area contributed by atoms with Crippen molar-refractivity contribution in [1.82, 2.24) is 5.32 Å². The van der Waals surface area contributed by atoms with Gasteiger partial charge in [-0.25, -0.2) is 4.39 Å². The van der Waals surface area contributed by atoms with E-state index in [0.717, 1.165) is 5.56 Å². The molecule has 0 aliphatic heterocycles. The smallest absolute Gasteiger partial charge is 0.325 e. The summed E-state index contributed by atoms with van der Waals surface area (Å²) in [5.74, 6) is -1.65. The summed E-state index contributed by atoms with van der Waals surface area (Å²) in [6.45, 7) is 3.29. The van der Waals surface area contributed by atoms with Crippen molar-refractivity contribution in [3.05, 3.63) is 35.6 Å². The Bertz CT molecular complexity index is 462. The maximum atomic E-state index is 13.0. The zero-order valence-electron chi connectivity index (χ0n) is 11.0. The Morgan fingerprint density at radius 2 is 2.05 bits per heavy atom. The average molecular weight is 267 g/mol. The number of amides is 1. The van der Waals surface area contributed by atoms with E-state index in [9.17, 15) is 14.0 Å². The normalized spacial score (nSPS) is 13.6. The van der Waals surface area contributed by atoms with Gasteiger partial charge in [-0.2, -0.15) is 0 Å². The maximum absolute atomic E-state index is 13.0. The zero-order valence-corrected chi connectivity index (χ0v) is 11.0. The van der Waals surface area contributed by atoms with Crippen LogP contribution in [0.3, 0.4) is 0 Å². The summed E-state index contributed by atoms with van der Waals surface area (Å²) >= 11 is 0. The first-order chi connectivity index (χ1) is 8.88. The summed E-state index contributed by atoms with van der Waals surface area (Å²) in [6, 6.07) is 5.35. The molecule has 1 aromatic carbocycles. The van der Waals surface area contributed by atoms with Gasteiger partial charge in [0, 0.05) is 6.42 Å². The molecule has 0 saturated heterocycles. The molecule has 0 aliphatic carbocycles. The monoisotopic (exact) mass is 267 g/mol. The topological polar surface area (TPSA) is 66.4 Å². The molecule has 0 radical (unpaired) electrons. The van der Waals surface area contributed by atoms with Crippen molar-refractivity contribution in [3.63, 3.8) is 0 Å². The number of carboxylic acids is 1. The van der Waals surface area contributed by atoms with Gasteiger partial charge in [-0.3, -0.25) is 9.59 Å². The van der Waals surface area contributed by atoms with Gasteiger partial charge in [0.1, 0.15) is 11.9 Å². The highest BCUT2D eigenvalue weighted by atomic mass is 19.1. The fourth-order valence-electron chi connectivity index (χ4n) is 1.82. The molecule has 0 aromatic heterocycles. The highest BCUT2D eigenvalue weighted by Crippen LogP contribution is 2.13. The van der Waals surface area contributed by atoms with Crippen molar-refractivity contribution in [2.75, 3.05) is 0 Å². The van der Waals surface area contributed by atoms with Crippen LogP contribution >= 0.6 is 0 Å². The lowest BCUT2D eigenvalue weighted by Gasteiger charge is -2.13. The Hall–Kier alpha value is -1.91. The molecule has 2 N–H and O–H groups in total. The molecular weight excluding hydrogens is 249 g/mol. The van der Waals surface area contributed by atoms with Crippen molar-refractivity contribution in [2.45, 2.75) is 32.7 Å². The van der Waals surface area contributed by atoms with Gasteiger partial charge in [-0.05, 0) is 37.0 Å². The van der Waals surface area contributed by atoms with Gasteiger partial charge in [0.15, 0.2) is 0 Å². The molecular formula is C14H18FNO3. The minimum Gasteiger partial charge on any atom is -0.480 e. The Kier molecular flexibility index (Phi) is 5.48. The summed E-state index contributed by atoms with van der Waals surface area (Å²) in [7, 11) is 0. The number of aliphatic carboxylic acids is 1. The standard InChI is InChI=1S/C14H18FNO3/c1-9(6-11-4-3-5-12(15)8-11)7-13(17)16-10(2)14(18)19/h3-5,8-10H,6-7H2,1-2H3,(H,16,17)(H,18,19)/t9?,10-/m0/s1. The molecule has 0 bridgehead atoms. The van der Waals surface area contributed by atoms with E-state index in [4.69, 9.17) is 5.11 Å². The van der Waals surface area contributed by atoms with Crippen molar-refractivity contribution in [3.8, 4) is 0 Å². The minimum absolute atomic E-state index is 0.0165. The Balaban J connectivity index is 2.45. The average Bonchev–Trinajstić information content (AvgIpc) is 2.27. The van der Waals surface area contributed by atoms with Gasteiger partial charge >= 0.3 is 5.97 Å². The first-order valence-electron chi connectivity index (χ1n) is 6.15. The van der Waals surface area contributed by atoms with Crippen LogP contribution in [0.5, 0.6) is 0 Å². The molecule has 1 rings (SSSR count). The molecule has 104 valence electrons. The number of halogens is 1. The molecule has 0 saturated carbocycles. The molecule has 1 unspecified atom stereocenters. The molecule has 1 aromatic rings. The molecule has 0 heterocycles. The van der Waals surface area contributed by atoms with Gasteiger partial charge in [0.25, 0.3) is 0 Å². The van der Waals surface area contributed by atoms with E-state index in [1.54, 1.807) is 12.1 Å². The number of carbonyl (C=O) groups is 2. The van der Waals surface area contributed by atoms with Gasteiger partial charge in [-0.1, -0.05) is 19.1 Å². The van der Waals surface area contributed by atoms with Crippen LogP contribution in [0.15, 0.2) is 24.3 Å². The third kappa shape index (κ3) is 5.50. The van der Waals surface area contributed by atoms with E-state index in [2.05, 4.69) is 5.32 Å². The third-order valence-corrected chi connectivity index (χ3v) is 2.75. The van der Waals surface area contributed by atoms with Crippen LogP contribution in [0.4, 0.5) is 4.39 Å². The van der Waals surface area contributed by atoms with Crippen molar-refractivity contribution in [2.24, 2.45) is 5.92 Å². The second-order valence-corrected chi connectivity index (χ2v) is 4.77. The SMILES string of the molecule is CC(CC(=O)N[C@@H](C)C(=O)O)Cc1cccc(F)c1. The van der Waals surface area contributed by atoms with Crippen LogP contribution in [-0.2, 0) is 16.0 Å². The van der Waals surface area contributed by atoms with E-state index >= 15 is 0 Å². The molecule has 2 atom stereocenters. The van der Waals surface area contributed by atoms with Crippen molar-refractivity contribution in [1.29, 1.82) is 0 Å². The lowest BCUT2D eigenvalue weighted by Crippen LogP contribution is -2.39. The number of hydrogen-bond donors (Lipinski definition) is 2. The first-order valence-corrected chi connectivity index (χ1v) is 6.15. The van der Waals surface area contributed by atoms with Gasteiger partial charge in [0.2, 0.25) is 5.91 Å². The minimum atomic E-state index is -1.06. The third-order valence-electron chi connectivity index (χ3n) is 2.75. The van der Waals surface area contributed by atoms with E-state index < -0.39 is 12.0 Å². The highest BCUT2D eigenvalue weighted by Gasteiger charge is 2.16. The number of rotatable bonds is 6. The van der Waals surface area contributed by atoms with Gasteiger partial charge < -0.3 is 10.4 Å². The lowest BCUT2D eigenvalue weighted by molar-refractivity contribution is -0.141. The van der Waals surface area contributed by atoms with Crippen LogP contribution in [0.2, 0.25) is 0 Å². The molecule has 0 spiro atoms. The Labute approximate surface area is 111 Å². The second kappa shape index (κ2) is 6.87. The van der Waals surface area contributed by atoms with Gasteiger partial charge in [-0.15, -0.1) is 0 Å². The van der Waals surface area contributed by atoms with E-state index in [1.807, 2.05) is 6.92 Å². The van der Waals surface area contributed by atoms with E-state index in [0.29, 0.717) is 6.42 Å². The number of nitrogens with one attached hydrogen (secondary N) is 1. The van der Waals surface area contributed by atoms with Crippen molar-refractivity contribution < 1.29 is 19.1 Å². The Morgan fingerprint density at radius 3 is 2.63 bits per heavy atom. The van der Waals surface area contributed by atoms with Crippen LogP contribution in [0, 0.1) is 11.7 Å². The molecule has 5 heteroatoms. The summed E-state index contributed by atoms with van der Waals surface area (Å²) in [5.41, 5.74) is 0.826. The molecule has 19 heavy (non-hydrogen) atoms. The largest absolute Gasteiger partial charge is 0.480 e. The predicted molar refractivity (Wildman–Crippen MR) is 69.1 cm³/mol. The van der Waals surface area contributed by atoms with Crippen LogP contribution in [0.1, 0.15) is 25.8 Å². The summed E-state index contributed by atoms with van der Waals surface area (Å²) < 4.78 is 13.0. The predicted octanol–water partition coefficient (Wildman–Crippen LogP) is 1.98. The maximum Gasteiger partial charge on any atom is 0.325 e. The lowest BCUT2D eigenvalue weighted by atomic mass is 9.97. The van der Waals surface area contributed by atoms with Crippen LogP contribution in [0.25, 0.3) is 0 Å². The van der Waals surface area contributed by atoms with E-state index in [-0.39, 0.29) is 24.1 Å². The Morgan fingerprint density at radius 1 is 1.37 bits per heavy atom. The molecule has 0 aliphatic rings. The summed E-state index contributed by atoms with van der Waals surface area (Å²) in [4.78, 5) is 22.2. The van der Waals surface area contributed by atoms with Crippen molar-refractivity contribution >= 4 is 11.9 Å². The summed E-state index contributed by atoms with van der Waals surface area (Å²) in [5, 5.41) is 11.1. The van der Waals surface area contributed by atoms with Crippen LogP contribution in [-0.4, -0.2) is 23.0 Å². The number of hydrogen-bond acceptors (Lipinski definition) is 2. The first kappa shape index (κ1) is 15.1. The fourth-order valence-corrected chi connectivity index (χ4v) is 1.82. The van der Waals surface area contributed by atoms with E-state index in [1.165, 1.54) is 19.1 Å². The number of carbonyl (C=O) groups excluding carboxylic acids is 1. The zero-order chi connectivity index (χ0) is 14.4. The molecule has 4 nitrogen and oxygen atoms in total. The quantitative estimate of drug-likeness (QED) is 0.828. The van der Waals surface area contributed by atoms with Gasteiger partial charge in [0.05, 0.1) is 0 Å². The highest BCUT2D eigenvalue weighted by molar-refractivity contribution is 5.83. The second-order valence-electron chi connectivity index (χ2n) is 4.77. The number of benzene rings is 1.